The molecule has 21 heavy (non-hydrogen) atoms. The summed E-state index contributed by atoms with van der Waals surface area (Å²) in [5.41, 5.74) is 7.94. The maximum atomic E-state index is 12.3. The van der Waals surface area contributed by atoms with E-state index >= 15 is 0 Å². The van der Waals surface area contributed by atoms with Gasteiger partial charge in [0, 0.05) is 14.5 Å². The third kappa shape index (κ3) is 3.72. The maximum Gasteiger partial charge on any atom is 0.255 e. The van der Waals surface area contributed by atoms with Crippen LogP contribution in [0.15, 0.2) is 33.2 Å². The lowest BCUT2D eigenvalue weighted by atomic mass is 10.1. The fourth-order valence-electron chi connectivity index (χ4n) is 1.72. The van der Waals surface area contributed by atoms with Crippen LogP contribution in [0, 0.1) is 6.92 Å². The number of aryl methyl sites for hydroxylation is 1. The van der Waals surface area contributed by atoms with E-state index < -0.39 is 0 Å². The largest absolute Gasteiger partial charge is 0.396 e. The van der Waals surface area contributed by atoms with Crippen molar-refractivity contribution >= 4 is 72.3 Å². The molecule has 3 N–H and O–H groups in total. The van der Waals surface area contributed by atoms with Crippen LogP contribution >= 0.6 is 55.1 Å². The fourth-order valence-corrected chi connectivity index (χ4v) is 3.82. The van der Waals surface area contributed by atoms with E-state index in [0.29, 0.717) is 11.3 Å². The van der Waals surface area contributed by atoms with Crippen molar-refractivity contribution in [2.24, 2.45) is 0 Å². The zero-order valence-electron chi connectivity index (χ0n) is 10.8. The summed E-state index contributed by atoms with van der Waals surface area (Å²) in [5, 5.41) is 3.30. The van der Waals surface area contributed by atoms with Gasteiger partial charge < -0.3 is 11.1 Å². The van der Waals surface area contributed by atoms with Gasteiger partial charge in [-0.1, -0.05) is 23.2 Å². The SMILES string of the molecule is Cc1cc(Br)c(NC(=O)c2cc(Cl)c(N)c(Cl)c2)c(Br)c1. The molecule has 0 fully saturated rings. The highest BCUT2D eigenvalue weighted by Crippen LogP contribution is 2.34. The van der Waals surface area contributed by atoms with E-state index in [1.165, 1.54) is 12.1 Å². The number of amides is 1. The van der Waals surface area contributed by atoms with Gasteiger partial charge in [-0.2, -0.15) is 0 Å². The number of carbonyl (C=O) groups excluding carboxylic acids is 1. The summed E-state index contributed by atoms with van der Waals surface area (Å²) >= 11 is 18.7. The van der Waals surface area contributed by atoms with Crippen LogP contribution in [0.4, 0.5) is 11.4 Å². The normalized spacial score (nSPS) is 10.5. The Morgan fingerprint density at radius 1 is 1.10 bits per heavy atom. The van der Waals surface area contributed by atoms with E-state index in [1.54, 1.807) is 0 Å². The molecule has 0 saturated carbocycles. The number of carbonyl (C=O) groups is 1. The number of hydrogen-bond donors (Lipinski definition) is 2. The monoisotopic (exact) mass is 450 g/mol. The molecule has 3 nitrogen and oxygen atoms in total. The van der Waals surface area contributed by atoms with E-state index in [9.17, 15) is 4.79 Å². The molecule has 0 aliphatic heterocycles. The lowest BCUT2D eigenvalue weighted by molar-refractivity contribution is 0.102. The van der Waals surface area contributed by atoms with Gasteiger partial charge in [-0.3, -0.25) is 4.79 Å². The summed E-state index contributed by atoms with van der Waals surface area (Å²) in [4.78, 5) is 12.3. The molecule has 0 aliphatic rings. The number of halogens is 4. The second-order valence-corrected chi connectivity index (χ2v) is 6.93. The predicted octanol–water partition coefficient (Wildman–Crippen LogP) is 5.66. The minimum absolute atomic E-state index is 0.245. The number of benzene rings is 2. The smallest absolute Gasteiger partial charge is 0.255 e. The first-order valence-electron chi connectivity index (χ1n) is 5.81. The van der Waals surface area contributed by atoms with E-state index in [4.69, 9.17) is 28.9 Å². The topological polar surface area (TPSA) is 55.1 Å². The van der Waals surface area contributed by atoms with Crippen molar-refractivity contribution in [2.75, 3.05) is 11.1 Å². The summed E-state index contributed by atoms with van der Waals surface area (Å²) in [5.74, 6) is -0.330. The third-order valence-corrected chi connectivity index (χ3v) is 4.64. The Kier molecular flexibility index (Phi) is 5.20. The van der Waals surface area contributed by atoms with E-state index in [0.717, 1.165) is 14.5 Å². The van der Waals surface area contributed by atoms with Crippen LogP contribution in [0.5, 0.6) is 0 Å². The third-order valence-electron chi connectivity index (χ3n) is 2.77. The summed E-state index contributed by atoms with van der Waals surface area (Å²) in [6, 6.07) is 6.77. The van der Waals surface area contributed by atoms with Crippen LogP contribution in [0.25, 0.3) is 0 Å². The van der Waals surface area contributed by atoms with Crippen LogP contribution in [-0.2, 0) is 0 Å². The number of hydrogen-bond acceptors (Lipinski definition) is 2. The molecule has 0 aromatic heterocycles. The average molecular weight is 453 g/mol. The van der Waals surface area contributed by atoms with Gasteiger partial charge in [-0.15, -0.1) is 0 Å². The second-order valence-electron chi connectivity index (χ2n) is 4.41. The molecular weight excluding hydrogens is 443 g/mol. The number of anilines is 2. The van der Waals surface area contributed by atoms with Crippen LogP contribution in [-0.4, -0.2) is 5.91 Å². The Balaban J connectivity index is 2.35. The van der Waals surface area contributed by atoms with Gasteiger partial charge in [0.25, 0.3) is 5.91 Å². The van der Waals surface area contributed by atoms with Crippen LogP contribution in [0.2, 0.25) is 10.0 Å². The van der Waals surface area contributed by atoms with Gasteiger partial charge in [-0.25, -0.2) is 0 Å². The highest BCUT2D eigenvalue weighted by molar-refractivity contribution is 9.11. The summed E-state index contributed by atoms with van der Waals surface area (Å²) < 4.78 is 1.55. The predicted molar refractivity (Wildman–Crippen MR) is 95.4 cm³/mol. The minimum Gasteiger partial charge on any atom is -0.396 e. The summed E-state index contributed by atoms with van der Waals surface area (Å²) in [7, 11) is 0. The summed E-state index contributed by atoms with van der Waals surface area (Å²) in [6.45, 7) is 1.96. The number of nitrogen functional groups attached to an aromatic ring is 1. The molecule has 2 aromatic carbocycles. The standard InChI is InChI=1S/C14H10Br2Cl2N2O/c1-6-2-8(15)13(9(16)3-6)20-14(21)7-4-10(17)12(19)11(18)5-7/h2-5H,19H2,1H3,(H,20,21). The lowest BCUT2D eigenvalue weighted by Gasteiger charge is -2.12. The van der Waals surface area contributed by atoms with Crippen LogP contribution < -0.4 is 11.1 Å². The zero-order valence-corrected chi connectivity index (χ0v) is 15.5. The highest BCUT2D eigenvalue weighted by Gasteiger charge is 2.14. The van der Waals surface area contributed by atoms with Crippen molar-refractivity contribution in [2.45, 2.75) is 6.92 Å². The van der Waals surface area contributed by atoms with Crippen molar-refractivity contribution in [1.82, 2.24) is 0 Å². The number of nitrogens with one attached hydrogen (secondary N) is 1. The highest BCUT2D eigenvalue weighted by atomic mass is 79.9. The van der Waals surface area contributed by atoms with Crippen LogP contribution in [0.3, 0.4) is 0 Å². The van der Waals surface area contributed by atoms with Gasteiger partial charge in [-0.05, 0) is 68.6 Å². The van der Waals surface area contributed by atoms with Crippen molar-refractivity contribution in [3.63, 3.8) is 0 Å². The number of nitrogens with two attached hydrogens (primary N) is 1. The fraction of sp³-hybridized carbons (Fsp3) is 0.0714. The van der Waals surface area contributed by atoms with Crippen molar-refractivity contribution in [1.29, 1.82) is 0 Å². The Hall–Kier alpha value is -0.750. The Labute approximate surface area is 149 Å². The van der Waals surface area contributed by atoms with E-state index in [-0.39, 0.29) is 21.6 Å². The molecule has 0 heterocycles. The molecule has 0 saturated heterocycles. The lowest BCUT2D eigenvalue weighted by Crippen LogP contribution is -2.13. The van der Waals surface area contributed by atoms with E-state index in [2.05, 4.69) is 37.2 Å². The molecule has 2 rings (SSSR count). The Morgan fingerprint density at radius 2 is 1.57 bits per heavy atom. The van der Waals surface area contributed by atoms with Gasteiger partial charge in [0.15, 0.2) is 0 Å². The molecule has 0 unspecified atom stereocenters. The van der Waals surface area contributed by atoms with Gasteiger partial charge in [0.05, 0.1) is 21.4 Å². The molecule has 7 heteroatoms. The summed E-state index contributed by atoms with van der Waals surface area (Å²) in [6.07, 6.45) is 0. The van der Waals surface area contributed by atoms with Crippen molar-refractivity contribution in [3.8, 4) is 0 Å². The maximum absolute atomic E-state index is 12.3. The molecule has 0 spiro atoms. The molecule has 0 bridgehead atoms. The van der Waals surface area contributed by atoms with Gasteiger partial charge >= 0.3 is 0 Å². The minimum atomic E-state index is -0.330. The molecular formula is C14H10Br2Cl2N2O. The zero-order chi connectivity index (χ0) is 15.7. The second kappa shape index (κ2) is 6.57. The van der Waals surface area contributed by atoms with Gasteiger partial charge in [0.1, 0.15) is 0 Å². The molecule has 110 valence electrons. The molecule has 2 aromatic rings. The molecule has 1 amide bonds. The Morgan fingerprint density at radius 3 is 2.05 bits per heavy atom. The quantitative estimate of drug-likeness (QED) is 0.577. The average Bonchev–Trinajstić information content (AvgIpc) is 2.39. The molecule has 0 aliphatic carbocycles. The first-order chi connectivity index (χ1) is 9.79. The van der Waals surface area contributed by atoms with Crippen LogP contribution in [0.1, 0.15) is 15.9 Å². The van der Waals surface area contributed by atoms with Crippen molar-refractivity contribution < 1.29 is 4.79 Å². The van der Waals surface area contributed by atoms with Crippen molar-refractivity contribution in [3.05, 3.63) is 54.4 Å². The Bertz CT molecular complexity index is 689. The first-order valence-corrected chi connectivity index (χ1v) is 8.15. The van der Waals surface area contributed by atoms with Gasteiger partial charge in [0.2, 0.25) is 0 Å². The first kappa shape index (κ1) is 16.6. The van der Waals surface area contributed by atoms with E-state index in [1.807, 2.05) is 19.1 Å². The number of rotatable bonds is 2. The molecule has 0 atom stereocenters. The molecule has 0 radical (unpaired) electrons.